The number of nitrogens with one attached hydrogen (secondary N) is 1. The summed E-state index contributed by atoms with van der Waals surface area (Å²) in [5.74, 6) is 1.62. The average molecular weight is 449 g/mol. The Morgan fingerprint density at radius 3 is 2.73 bits per heavy atom. The van der Waals surface area contributed by atoms with Gasteiger partial charge in [0.05, 0.1) is 11.3 Å². The van der Waals surface area contributed by atoms with Crippen LogP contribution in [0.1, 0.15) is 37.4 Å². The Balaban J connectivity index is 1.60. The number of amides is 1. The Hall–Kier alpha value is -3.19. The van der Waals surface area contributed by atoms with Gasteiger partial charge in [-0.1, -0.05) is 24.8 Å². The van der Waals surface area contributed by atoms with Crippen molar-refractivity contribution in [2.45, 2.75) is 39.2 Å². The zero-order valence-electron chi connectivity index (χ0n) is 19.4. The smallest absolute Gasteiger partial charge is 0.223 e. The molecule has 1 amide bonds. The molecule has 2 fully saturated rings. The lowest BCUT2D eigenvalue weighted by Gasteiger charge is -2.24. The van der Waals surface area contributed by atoms with Gasteiger partial charge < -0.3 is 20.1 Å². The summed E-state index contributed by atoms with van der Waals surface area (Å²) < 4.78 is 5.38. The monoisotopic (exact) mass is 448 g/mol. The summed E-state index contributed by atoms with van der Waals surface area (Å²) >= 11 is 0. The highest BCUT2D eigenvalue weighted by molar-refractivity contribution is 5.79. The summed E-state index contributed by atoms with van der Waals surface area (Å²) in [6, 6.07) is 7.18. The number of ether oxygens (including phenoxy) is 1. The Bertz CT molecular complexity index is 1060. The van der Waals surface area contributed by atoms with Crippen molar-refractivity contribution in [1.29, 1.82) is 0 Å². The van der Waals surface area contributed by atoms with Crippen molar-refractivity contribution < 1.29 is 14.6 Å². The first kappa shape index (κ1) is 23.0. The van der Waals surface area contributed by atoms with Gasteiger partial charge in [-0.15, -0.1) is 0 Å². The second kappa shape index (κ2) is 10.2. The second-order valence-corrected chi connectivity index (χ2v) is 8.82. The van der Waals surface area contributed by atoms with Crippen molar-refractivity contribution in [3.8, 4) is 17.1 Å². The maximum absolute atomic E-state index is 12.7. The minimum Gasteiger partial charge on any atom is -0.507 e. The molecule has 1 unspecified atom stereocenters. The van der Waals surface area contributed by atoms with Crippen LogP contribution in [0.4, 0.5) is 5.82 Å². The molecule has 4 rings (SSSR count). The number of carbonyl (C=O) groups excluding carboxylic acids is 1. The van der Waals surface area contributed by atoms with E-state index >= 15 is 0 Å². The number of phenolic OH excluding ortho intramolecular Hbond substituents is 1. The zero-order chi connectivity index (χ0) is 23.4. The summed E-state index contributed by atoms with van der Waals surface area (Å²) in [5, 5.41) is 13.6. The molecule has 33 heavy (non-hydrogen) atoms. The Morgan fingerprint density at radius 1 is 1.24 bits per heavy atom. The number of phenols is 1. The van der Waals surface area contributed by atoms with Crippen LogP contribution in [0.25, 0.3) is 17.5 Å². The molecule has 2 aliphatic rings. The molecule has 0 bridgehead atoms. The van der Waals surface area contributed by atoms with E-state index < -0.39 is 0 Å². The standard InChI is InChI=1S/C26H32N4O3/c1-4-17(2)15-22-18(3)25(29-24(28-22)21-7-5-6-8-23(21)31)30-12-9-20(16-30)27-26(32)19-10-13-33-14-11-19/h4-8,15,19-20,31H,1,9-14,16H2,2-3H3,(H,27,32)/b17-15-. The van der Waals surface area contributed by atoms with Crippen LogP contribution >= 0.6 is 0 Å². The molecule has 2 aromatic rings. The van der Waals surface area contributed by atoms with E-state index in [1.54, 1.807) is 18.2 Å². The topological polar surface area (TPSA) is 87.6 Å². The van der Waals surface area contributed by atoms with Gasteiger partial charge in [-0.3, -0.25) is 4.79 Å². The first-order valence-corrected chi connectivity index (χ1v) is 11.6. The van der Waals surface area contributed by atoms with Crippen LogP contribution in [-0.4, -0.2) is 53.3 Å². The Labute approximate surface area is 195 Å². The van der Waals surface area contributed by atoms with Crippen LogP contribution in [0.5, 0.6) is 5.75 Å². The molecule has 7 heteroatoms. The number of rotatable bonds is 6. The number of carbonyl (C=O) groups is 1. The summed E-state index contributed by atoms with van der Waals surface area (Å²) in [7, 11) is 0. The van der Waals surface area contributed by atoms with E-state index in [-0.39, 0.29) is 23.6 Å². The van der Waals surface area contributed by atoms with Gasteiger partial charge in [0.25, 0.3) is 0 Å². The molecule has 174 valence electrons. The molecular formula is C26H32N4O3. The second-order valence-electron chi connectivity index (χ2n) is 8.82. The third-order valence-electron chi connectivity index (χ3n) is 6.42. The van der Waals surface area contributed by atoms with Gasteiger partial charge in [-0.25, -0.2) is 9.97 Å². The van der Waals surface area contributed by atoms with Crippen molar-refractivity contribution in [2.75, 3.05) is 31.2 Å². The molecule has 1 atom stereocenters. The third-order valence-corrected chi connectivity index (χ3v) is 6.42. The zero-order valence-corrected chi connectivity index (χ0v) is 19.4. The molecule has 2 saturated heterocycles. The van der Waals surface area contributed by atoms with Crippen LogP contribution in [-0.2, 0) is 9.53 Å². The van der Waals surface area contributed by atoms with E-state index in [4.69, 9.17) is 14.7 Å². The number of aromatic nitrogens is 2. The largest absolute Gasteiger partial charge is 0.507 e. The number of aromatic hydroxyl groups is 1. The van der Waals surface area contributed by atoms with Crippen molar-refractivity contribution in [2.24, 2.45) is 5.92 Å². The molecule has 7 nitrogen and oxygen atoms in total. The van der Waals surface area contributed by atoms with Gasteiger partial charge in [0.2, 0.25) is 5.91 Å². The first-order chi connectivity index (χ1) is 16.0. The van der Waals surface area contributed by atoms with E-state index in [9.17, 15) is 9.90 Å². The minimum atomic E-state index is 0.0415. The van der Waals surface area contributed by atoms with E-state index in [0.717, 1.165) is 48.5 Å². The third kappa shape index (κ3) is 5.25. The number of allylic oxidation sites excluding steroid dienone is 2. The van der Waals surface area contributed by atoms with E-state index in [1.807, 2.05) is 32.1 Å². The molecule has 2 N–H and O–H groups in total. The number of anilines is 1. The molecular weight excluding hydrogens is 416 g/mol. The molecule has 2 aliphatic heterocycles. The van der Waals surface area contributed by atoms with Gasteiger partial charge in [0, 0.05) is 43.8 Å². The van der Waals surface area contributed by atoms with Crippen LogP contribution in [0.2, 0.25) is 0 Å². The molecule has 3 heterocycles. The van der Waals surface area contributed by atoms with Crippen molar-refractivity contribution in [1.82, 2.24) is 15.3 Å². The lowest BCUT2D eigenvalue weighted by molar-refractivity contribution is -0.128. The van der Waals surface area contributed by atoms with Crippen molar-refractivity contribution in [3.63, 3.8) is 0 Å². The molecule has 0 aliphatic carbocycles. The van der Waals surface area contributed by atoms with Crippen molar-refractivity contribution in [3.05, 3.63) is 53.8 Å². The molecule has 0 saturated carbocycles. The predicted molar refractivity (Wildman–Crippen MR) is 130 cm³/mol. The SMILES string of the molecule is C=C/C(C)=C\c1nc(-c2ccccc2O)nc(N2CCC(NC(=O)C3CCOCC3)C2)c1C. The quantitative estimate of drug-likeness (QED) is 0.653. The summed E-state index contributed by atoms with van der Waals surface area (Å²) in [6.07, 6.45) is 6.21. The number of hydrogen-bond donors (Lipinski definition) is 2. The number of para-hydroxylation sites is 1. The first-order valence-electron chi connectivity index (χ1n) is 11.6. The maximum atomic E-state index is 12.7. The van der Waals surface area contributed by atoms with E-state index in [2.05, 4.69) is 16.8 Å². The molecule has 0 spiro atoms. The highest BCUT2D eigenvalue weighted by atomic mass is 16.5. The summed E-state index contributed by atoms with van der Waals surface area (Å²) in [5.41, 5.74) is 3.35. The fourth-order valence-corrected chi connectivity index (χ4v) is 4.38. The number of benzene rings is 1. The van der Waals surface area contributed by atoms with Gasteiger partial charge in [-0.05, 0) is 56.9 Å². The number of hydrogen-bond acceptors (Lipinski definition) is 6. The fourth-order valence-electron chi connectivity index (χ4n) is 4.38. The predicted octanol–water partition coefficient (Wildman–Crippen LogP) is 3.87. The normalized spacial score (nSPS) is 19.5. The summed E-state index contributed by atoms with van der Waals surface area (Å²) in [4.78, 5) is 24.5. The average Bonchev–Trinajstić information content (AvgIpc) is 3.29. The summed E-state index contributed by atoms with van der Waals surface area (Å²) in [6.45, 7) is 10.6. The number of nitrogens with zero attached hydrogens (tertiary/aromatic N) is 3. The van der Waals surface area contributed by atoms with E-state index in [1.165, 1.54) is 0 Å². The molecule has 1 aromatic carbocycles. The highest BCUT2D eigenvalue weighted by Gasteiger charge is 2.30. The van der Waals surface area contributed by atoms with Gasteiger partial charge in [-0.2, -0.15) is 0 Å². The molecule has 1 aromatic heterocycles. The highest BCUT2D eigenvalue weighted by Crippen LogP contribution is 2.32. The Morgan fingerprint density at radius 2 is 2.00 bits per heavy atom. The van der Waals surface area contributed by atoms with Gasteiger partial charge in [0.1, 0.15) is 11.6 Å². The fraction of sp³-hybridized carbons (Fsp3) is 0.423. The van der Waals surface area contributed by atoms with Gasteiger partial charge >= 0.3 is 0 Å². The maximum Gasteiger partial charge on any atom is 0.223 e. The van der Waals surface area contributed by atoms with Gasteiger partial charge in [0.15, 0.2) is 5.82 Å². The van der Waals surface area contributed by atoms with Crippen molar-refractivity contribution >= 4 is 17.8 Å². The Kier molecular flexibility index (Phi) is 7.08. The van der Waals surface area contributed by atoms with Crippen LogP contribution in [0.15, 0.2) is 42.5 Å². The minimum absolute atomic E-state index is 0.0415. The van der Waals surface area contributed by atoms with Crippen LogP contribution in [0.3, 0.4) is 0 Å². The van der Waals surface area contributed by atoms with Crippen LogP contribution in [0, 0.1) is 12.8 Å². The van der Waals surface area contributed by atoms with Crippen LogP contribution < -0.4 is 10.2 Å². The molecule has 0 radical (unpaired) electrons. The lowest BCUT2D eigenvalue weighted by Crippen LogP contribution is -2.42. The van der Waals surface area contributed by atoms with E-state index in [0.29, 0.717) is 31.1 Å². The lowest BCUT2D eigenvalue weighted by atomic mass is 9.99.